The van der Waals surface area contributed by atoms with Crippen molar-refractivity contribution in [3.05, 3.63) is 138 Å². The van der Waals surface area contributed by atoms with Crippen LogP contribution in [0.25, 0.3) is 6.08 Å². The van der Waals surface area contributed by atoms with Gasteiger partial charge < -0.3 is 9.64 Å². The van der Waals surface area contributed by atoms with Crippen LogP contribution in [-0.4, -0.2) is 13.0 Å². The summed E-state index contributed by atoms with van der Waals surface area (Å²) in [5.41, 5.74) is 4.62. The van der Waals surface area contributed by atoms with E-state index in [1.165, 1.54) is 5.56 Å². The molecule has 0 saturated carbocycles. The SMILES string of the molecule is COc1ccc([C@]2(C/C=C/c3ccccc3)C(=O)N(c3ccc(C)cc3)[C@@H]2c2ccccc2)cc1. The number of ether oxygens (including phenoxy) is 1. The van der Waals surface area contributed by atoms with Crippen LogP contribution in [0.2, 0.25) is 0 Å². The van der Waals surface area contributed by atoms with Gasteiger partial charge in [0.05, 0.1) is 13.2 Å². The van der Waals surface area contributed by atoms with Crippen LogP contribution in [0.1, 0.15) is 34.7 Å². The van der Waals surface area contributed by atoms with Gasteiger partial charge in [0, 0.05) is 5.69 Å². The van der Waals surface area contributed by atoms with E-state index in [4.69, 9.17) is 4.74 Å². The second-order valence-corrected chi connectivity index (χ2v) is 9.04. The molecule has 1 fully saturated rings. The summed E-state index contributed by atoms with van der Waals surface area (Å²) in [6.07, 6.45) is 4.84. The molecule has 0 spiro atoms. The first-order valence-corrected chi connectivity index (χ1v) is 11.9. The van der Waals surface area contributed by atoms with Crippen LogP contribution >= 0.6 is 0 Å². The summed E-state index contributed by atoms with van der Waals surface area (Å²) in [5.74, 6) is 0.889. The normalized spacial score (nSPS) is 19.5. The molecule has 1 aliphatic heterocycles. The third kappa shape index (κ3) is 4.15. The molecule has 5 rings (SSSR count). The number of hydrogen-bond donors (Lipinski definition) is 0. The fourth-order valence-electron chi connectivity index (χ4n) is 5.08. The van der Waals surface area contributed by atoms with Gasteiger partial charge >= 0.3 is 0 Å². The van der Waals surface area contributed by atoms with Gasteiger partial charge in [0.15, 0.2) is 0 Å². The van der Waals surface area contributed by atoms with E-state index in [1.807, 2.05) is 77.7 Å². The van der Waals surface area contributed by atoms with Gasteiger partial charge in [-0.05, 0) is 54.3 Å². The van der Waals surface area contributed by atoms with E-state index in [2.05, 4.69) is 55.5 Å². The number of rotatable bonds is 7. The highest BCUT2D eigenvalue weighted by Crippen LogP contribution is 2.56. The van der Waals surface area contributed by atoms with Crippen LogP contribution in [0.15, 0.2) is 115 Å². The smallest absolute Gasteiger partial charge is 0.241 e. The van der Waals surface area contributed by atoms with Crippen molar-refractivity contribution in [3.63, 3.8) is 0 Å². The van der Waals surface area contributed by atoms with Crippen LogP contribution in [0.3, 0.4) is 0 Å². The number of amides is 1. The average molecular weight is 460 g/mol. The lowest BCUT2D eigenvalue weighted by Gasteiger charge is -2.56. The molecule has 0 bridgehead atoms. The van der Waals surface area contributed by atoms with Crippen molar-refractivity contribution in [2.24, 2.45) is 0 Å². The summed E-state index contributed by atoms with van der Waals surface area (Å²) < 4.78 is 5.40. The van der Waals surface area contributed by atoms with Crippen molar-refractivity contribution >= 4 is 17.7 Å². The van der Waals surface area contributed by atoms with Gasteiger partial charge in [-0.25, -0.2) is 0 Å². The molecule has 1 saturated heterocycles. The van der Waals surface area contributed by atoms with Gasteiger partial charge in [-0.1, -0.05) is 103 Å². The van der Waals surface area contributed by atoms with E-state index in [0.717, 1.165) is 28.1 Å². The van der Waals surface area contributed by atoms with E-state index in [9.17, 15) is 4.79 Å². The van der Waals surface area contributed by atoms with Crippen molar-refractivity contribution in [1.82, 2.24) is 0 Å². The molecule has 35 heavy (non-hydrogen) atoms. The van der Waals surface area contributed by atoms with Crippen LogP contribution in [-0.2, 0) is 10.2 Å². The third-order valence-electron chi connectivity index (χ3n) is 6.91. The minimum Gasteiger partial charge on any atom is -0.497 e. The molecule has 1 heterocycles. The van der Waals surface area contributed by atoms with E-state index in [-0.39, 0.29) is 11.9 Å². The monoisotopic (exact) mass is 459 g/mol. The molecular formula is C32H29NO2. The Labute approximate surface area is 207 Å². The van der Waals surface area contributed by atoms with Gasteiger partial charge in [-0.15, -0.1) is 0 Å². The molecule has 1 amide bonds. The van der Waals surface area contributed by atoms with Crippen LogP contribution < -0.4 is 9.64 Å². The second kappa shape index (κ2) is 9.63. The summed E-state index contributed by atoms with van der Waals surface area (Å²) in [5, 5.41) is 0. The van der Waals surface area contributed by atoms with E-state index in [1.54, 1.807) is 7.11 Å². The molecule has 3 heteroatoms. The molecular weight excluding hydrogens is 430 g/mol. The number of β-lactam (4-membered cyclic amide) rings is 1. The molecule has 1 aliphatic rings. The highest BCUT2D eigenvalue weighted by atomic mass is 16.5. The van der Waals surface area contributed by atoms with E-state index < -0.39 is 5.41 Å². The first-order valence-electron chi connectivity index (χ1n) is 11.9. The number of hydrogen-bond acceptors (Lipinski definition) is 2. The number of nitrogens with zero attached hydrogens (tertiary/aromatic N) is 1. The lowest BCUT2D eigenvalue weighted by molar-refractivity contribution is -0.133. The minimum atomic E-state index is -0.718. The van der Waals surface area contributed by atoms with E-state index >= 15 is 0 Å². The third-order valence-corrected chi connectivity index (χ3v) is 6.91. The average Bonchev–Trinajstić information content (AvgIpc) is 2.91. The molecule has 0 N–H and O–H groups in total. The Balaban J connectivity index is 1.63. The number of benzene rings is 4. The van der Waals surface area contributed by atoms with E-state index in [0.29, 0.717) is 6.42 Å². The number of carbonyl (C=O) groups is 1. The van der Waals surface area contributed by atoms with Crippen molar-refractivity contribution in [1.29, 1.82) is 0 Å². The topological polar surface area (TPSA) is 29.5 Å². The molecule has 4 aromatic rings. The minimum absolute atomic E-state index is 0.109. The second-order valence-electron chi connectivity index (χ2n) is 9.04. The van der Waals surface area contributed by atoms with Gasteiger partial charge in [0.2, 0.25) is 5.91 Å². The van der Waals surface area contributed by atoms with Crippen molar-refractivity contribution < 1.29 is 9.53 Å². The Morgan fingerprint density at radius 1 is 0.829 bits per heavy atom. The lowest BCUT2D eigenvalue weighted by atomic mass is 9.61. The van der Waals surface area contributed by atoms with Crippen LogP contribution in [0.4, 0.5) is 5.69 Å². The van der Waals surface area contributed by atoms with Gasteiger partial charge in [-0.2, -0.15) is 0 Å². The Morgan fingerprint density at radius 3 is 2.09 bits per heavy atom. The van der Waals surface area contributed by atoms with Crippen LogP contribution in [0.5, 0.6) is 5.75 Å². The maximum atomic E-state index is 14.2. The summed E-state index contributed by atoms with van der Waals surface area (Å²) in [6.45, 7) is 2.06. The Bertz CT molecular complexity index is 1310. The number of anilines is 1. The highest BCUT2D eigenvalue weighted by molar-refractivity contribution is 6.10. The number of methoxy groups -OCH3 is 1. The quantitative estimate of drug-likeness (QED) is 0.275. The molecule has 0 aliphatic carbocycles. The first kappa shape index (κ1) is 22.7. The Kier molecular flexibility index (Phi) is 6.24. The molecule has 4 aromatic carbocycles. The molecule has 2 atom stereocenters. The van der Waals surface area contributed by atoms with Gasteiger partial charge in [0.1, 0.15) is 11.2 Å². The van der Waals surface area contributed by atoms with Gasteiger partial charge in [0.25, 0.3) is 0 Å². The van der Waals surface area contributed by atoms with Crippen molar-refractivity contribution in [2.75, 3.05) is 12.0 Å². The summed E-state index contributed by atoms with van der Waals surface area (Å²) in [7, 11) is 1.66. The molecule has 0 aromatic heterocycles. The number of allylic oxidation sites excluding steroid dienone is 1. The predicted molar refractivity (Wildman–Crippen MR) is 143 cm³/mol. The maximum absolute atomic E-state index is 14.2. The molecule has 3 nitrogen and oxygen atoms in total. The zero-order valence-corrected chi connectivity index (χ0v) is 20.1. The molecule has 0 unspecified atom stereocenters. The summed E-state index contributed by atoms with van der Waals surface area (Å²) >= 11 is 0. The largest absolute Gasteiger partial charge is 0.497 e. The van der Waals surface area contributed by atoms with Crippen molar-refractivity contribution in [3.8, 4) is 5.75 Å². The predicted octanol–water partition coefficient (Wildman–Crippen LogP) is 7.13. The Hall–Kier alpha value is -4.11. The van der Waals surface area contributed by atoms with Crippen molar-refractivity contribution in [2.45, 2.75) is 24.8 Å². The standard InChI is InChI=1S/C32H29NO2/c1-24-15-19-28(20-16-24)33-30(26-13-7-4-8-14-26)32(31(33)34,27-17-21-29(35-2)22-18-27)23-9-12-25-10-5-3-6-11-25/h3-22,30H,23H2,1-2H3/b12-9+/t30-,32+/m1/s1. The molecule has 0 radical (unpaired) electrons. The number of carbonyl (C=O) groups excluding carboxylic acids is 1. The van der Waals surface area contributed by atoms with Gasteiger partial charge in [-0.3, -0.25) is 4.79 Å². The zero-order valence-electron chi connectivity index (χ0n) is 20.1. The fourth-order valence-corrected chi connectivity index (χ4v) is 5.08. The molecule has 174 valence electrons. The summed E-state index contributed by atoms with van der Waals surface area (Å²) in [4.78, 5) is 16.2. The maximum Gasteiger partial charge on any atom is 0.241 e. The summed E-state index contributed by atoms with van der Waals surface area (Å²) in [6, 6.07) is 36.6. The first-order chi connectivity index (χ1) is 17.1. The van der Waals surface area contributed by atoms with Crippen LogP contribution in [0, 0.1) is 6.92 Å². The Morgan fingerprint density at radius 2 is 1.46 bits per heavy atom. The highest BCUT2D eigenvalue weighted by Gasteiger charge is 2.61. The lowest BCUT2D eigenvalue weighted by Crippen LogP contribution is -2.66. The zero-order chi connectivity index (χ0) is 24.3. The fraction of sp³-hybridized carbons (Fsp3) is 0.156. The number of aryl methyl sites for hydroxylation is 1.